The van der Waals surface area contributed by atoms with Gasteiger partial charge in [0.15, 0.2) is 0 Å². The molecule has 10 heavy (non-hydrogen) atoms. The van der Waals surface area contributed by atoms with Crippen molar-refractivity contribution in [1.82, 2.24) is 4.98 Å². The molecule has 1 aromatic heterocycles. The number of hydrogen-bond acceptors (Lipinski definition) is 1. The number of alkyl halides is 1. The summed E-state index contributed by atoms with van der Waals surface area (Å²) in [5, 5.41) is 0.841. The Morgan fingerprint density at radius 1 is 1.40 bits per heavy atom. The van der Waals surface area contributed by atoms with E-state index in [1.165, 1.54) is 0 Å². The smallest absolute Gasteiger partial charge is 0.0509 e. The van der Waals surface area contributed by atoms with Crippen molar-refractivity contribution < 1.29 is 0 Å². The minimum Gasteiger partial charge on any atom is -0.260 e. The van der Waals surface area contributed by atoms with Gasteiger partial charge in [0.05, 0.1) is 5.69 Å². The molecule has 0 fully saturated rings. The van der Waals surface area contributed by atoms with Crippen LogP contribution in [0, 0.1) is 0 Å². The maximum atomic E-state index is 4.05. The molecule has 0 N–H and O–H groups in total. The molecule has 56 valence electrons. The molecule has 0 amide bonds. The van der Waals surface area contributed by atoms with Gasteiger partial charge >= 0.3 is 0 Å². The Balaban J connectivity index is 0.000000371. The molecule has 2 heteroatoms. The highest BCUT2D eigenvalue weighted by Crippen LogP contribution is 1.97. The van der Waals surface area contributed by atoms with Gasteiger partial charge in [0.25, 0.3) is 0 Å². The van der Waals surface area contributed by atoms with Crippen LogP contribution in [0.15, 0.2) is 24.4 Å². The van der Waals surface area contributed by atoms with Crippen LogP contribution in [0.25, 0.3) is 0 Å². The average molecular weight is 202 g/mol. The third-order valence-corrected chi connectivity index (χ3v) is 1.44. The lowest BCUT2D eigenvalue weighted by molar-refractivity contribution is 1.19. The third-order valence-electron chi connectivity index (χ3n) is 0.863. The second-order valence-electron chi connectivity index (χ2n) is 1.45. The Kier molecular flexibility index (Phi) is 6.50. The number of nitrogens with zero attached hydrogens (tertiary/aromatic N) is 1. The van der Waals surface area contributed by atoms with Gasteiger partial charge in [-0.15, -0.1) is 0 Å². The maximum absolute atomic E-state index is 4.05. The van der Waals surface area contributed by atoms with Crippen molar-refractivity contribution in [3.8, 4) is 0 Å². The van der Waals surface area contributed by atoms with Crippen molar-refractivity contribution in [2.45, 2.75) is 19.2 Å². The van der Waals surface area contributed by atoms with E-state index in [0.717, 1.165) is 11.0 Å². The predicted octanol–water partition coefficient (Wildman–Crippen LogP) is 3.00. The molecule has 0 spiro atoms. The van der Waals surface area contributed by atoms with Gasteiger partial charge in [-0.3, -0.25) is 4.98 Å². The van der Waals surface area contributed by atoms with Crippen molar-refractivity contribution in [3.63, 3.8) is 0 Å². The summed E-state index contributed by atoms with van der Waals surface area (Å²) < 4.78 is 0. The highest BCUT2D eigenvalue weighted by atomic mass is 79.9. The fourth-order valence-electron chi connectivity index (χ4n) is 0.477. The van der Waals surface area contributed by atoms with Gasteiger partial charge in [-0.25, -0.2) is 0 Å². The summed E-state index contributed by atoms with van der Waals surface area (Å²) in [6.45, 7) is 4.00. The van der Waals surface area contributed by atoms with Gasteiger partial charge in [-0.2, -0.15) is 0 Å². The van der Waals surface area contributed by atoms with Crippen LogP contribution >= 0.6 is 15.9 Å². The molecule has 0 aliphatic rings. The van der Waals surface area contributed by atoms with E-state index in [2.05, 4.69) is 20.9 Å². The predicted molar refractivity (Wildman–Crippen MR) is 48.2 cm³/mol. The molecular formula is C8H12BrN. The van der Waals surface area contributed by atoms with Gasteiger partial charge in [-0.05, 0) is 12.1 Å². The Labute approximate surface area is 70.6 Å². The molecule has 0 aliphatic carbocycles. The lowest BCUT2D eigenvalue weighted by atomic mass is 10.4. The summed E-state index contributed by atoms with van der Waals surface area (Å²) >= 11 is 3.29. The minimum atomic E-state index is 0.841. The van der Waals surface area contributed by atoms with Crippen molar-refractivity contribution in [3.05, 3.63) is 30.1 Å². The van der Waals surface area contributed by atoms with Gasteiger partial charge in [0, 0.05) is 11.5 Å². The summed E-state index contributed by atoms with van der Waals surface area (Å²) in [6, 6.07) is 5.87. The van der Waals surface area contributed by atoms with Gasteiger partial charge < -0.3 is 0 Å². The number of pyridine rings is 1. The normalized spacial score (nSPS) is 7.90. The molecule has 0 aromatic carbocycles. The molecule has 0 aliphatic heterocycles. The first-order valence-corrected chi connectivity index (χ1v) is 4.51. The zero-order valence-electron chi connectivity index (χ0n) is 6.34. The second kappa shape index (κ2) is 6.75. The van der Waals surface area contributed by atoms with E-state index in [9.17, 15) is 0 Å². The zero-order valence-corrected chi connectivity index (χ0v) is 7.93. The molecule has 1 rings (SSSR count). The van der Waals surface area contributed by atoms with Crippen molar-refractivity contribution in [2.24, 2.45) is 0 Å². The highest BCUT2D eigenvalue weighted by Gasteiger charge is 1.83. The maximum Gasteiger partial charge on any atom is 0.0509 e. The molecule has 1 heterocycles. The monoisotopic (exact) mass is 201 g/mol. The summed E-state index contributed by atoms with van der Waals surface area (Å²) in [5.41, 5.74) is 1.08. The molecule has 1 aromatic rings. The number of aromatic nitrogens is 1. The Morgan fingerprint density at radius 2 is 2.10 bits per heavy atom. The highest BCUT2D eigenvalue weighted by molar-refractivity contribution is 9.08. The molecule has 0 unspecified atom stereocenters. The van der Waals surface area contributed by atoms with Crippen molar-refractivity contribution in [1.29, 1.82) is 0 Å². The standard InChI is InChI=1S/C6H6BrN.C2H6/c7-5-6-3-1-2-4-8-6;1-2/h1-4H,5H2;1-2H3. The quantitative estimate of drug-likeness (QED) is 0.638. The molecular weight excluding hydrogens is 190 g/mol. The van der Waals surface area contributed by atoms with Crippen LogP contribution in [0.2, 0.25) is 0 Å². The molecule has 0 saturated heterocycles. The summed E-state index contributed by atoms with van der Waals surface area (Å²) in [7, 11) is 0. The van der Waals surface area contributed by atoms with E-state index in [1.54, 1.807) is 6.20 Å². The molecule has 1 nitrogen and oxygen atoms in total. The summed E-state index contributed by atoms with van der Waals surface area (Å²) in [4.78, 5) is 4.05. The second-order valence-corrected chi connectivity index (χ2v) is 2.02. The van der Waals surface area contributed by atoms with E-state index in [0.29, 0.717) is 0 Å². The van der Waals surface area contributed by atoms with E-state index >= 15 is 0 Å². The van der Waals surface area contributed by atoms with E-state index in [1.807, 2.05) is 32.0 Å². The fraction of sp³-hybridized carbons (Fsp3) is 0.375. The molecule has 0 bridgehead atoms. The third kappa shape index (κ3) is 3.62. The Hall–Kier alpha value is -0.370. The lowest BCUT2D eigenvalue weighted by Gasteiger charge is -1.87. The topological polar surface area (TPSA) is 12.9 Å². The van der Waals surface area contributed by atoms with Gasteiger partial charge in [-0.1, -0.05) is 35.8 Å². The first kappa shape index (κ1) is 9.63. The Bertz CT molecular complexity index is 151. The average Bonchev–Trinajstić information content (AvgIpc) is 2.10. The van der Waals surface area contributed by atoms with E-state index in [-0.39, 0.29) is 0 Å². The summed E-state index contributed by atoms with van der Waals surface area (Å²) in [5.74, 6) is 0. The minimum absolute atomic E-state index is 0.841. The fourth-order valence-corrected chi connectivity index (χ4v) is 0.809. The number of hydrogen-bond donors (Lipinski definition) is 0. The van der Waals surface area contributed by atoms with Crippen LogP contribution in [-0.2, 0) is 5.33 Å². The first-order chi connectivity index (χ1) is 4.93. The van der Waals surface area contributed by atoms with Crippen LogP contribution in [0.3, 0.4) is 0 Å². The van der Waals surface area contributed by atoms with Crippen molar-refractivity contribution in [2.75, 3.05) is 0 Å². The van der Waals surface area contributed by atoms with Crippen LogP contribution < -0.4 is 0 Å². The van der Waals surface area contributed by atoms with Crippen LogP contribution in [0.1, 0.15) is 19.5 Å². The largest absolute Gasteiger partial charge is 0.260 e. The number of halogens is 1. The van der Waals surface area contributed by atoms with Crippen molar-refractivity contribution >= 4 is 15.9 Å². The van der Waals surface area contributed by atoms with Crippen LogP contribution in [-0.4, -0.2) is 4.98 Å². The summed E-state index contributed by atoms with van der Waals surface area (Å²) in [6.07, 6.45) is 1.79. The Morgan fingerprint density at radius 3 is 2.40 bits per heavy atom. The SMILES string of the molecule is BrCc1ccccn1.CC. The van der Waals surface area contributed by atoms with Gasteiger partial charge in [0.2, 0.25) is 0 Å². The molecule has 0 radical (unpaired) electrons. The molecule has 0 saturated carbocycles. The van der Waals surface area contributed by atoms with Gasteiger partial charge in [0.1, 0.15) is 0 Å². The van der Waals surface area contributed by atoms with Crippen LogP contribution in [0.5, 0.6) is 0 Å². The molecule has 0 atom stereocenters. The number of rotatable bonds is 1. The van der Waals surface area contributed by atoms with E-state index in [4.69, 9.17) is 0 Å². The zero-order chi connectivity index (χ0) is 7.82. The van der Waals surface area contributed by atoms with Crippen LogP contribution in [0.4, 0.5) is 0 Å². The lowest BCUT2D eigenvalue weighted by Crippen LogP contribution is -1.78. The van der Waals surface area contributed by atoms with E-state index < -0.39 is 0 Å². The first-order valence-electron chi connectivity index (χ1n) is 3.39.